The van der Waals surface area contributed by atoms with Gasteiger partial charge in [-0.2, -0.15) is 4.98 Å². The lowest BCUT2D eigenvalue weighted by Crippen LogP contribution is -2.23. The third-order valence-corrected chi connectivity index (χ3v) is 2.55. The van der Waals surface area contributed by atoms with Crippen molar-refractivity contribution >= 4 is 22.2 Å². The van der Waals surface area contributed by atoms with Gasteiger partial charge < -0.3 is 5.73 Å². The van der Waals surface area contributed by atoms with Gasteiger partial charge in [0, 0.05) is 11.5 Å². The second-order valence-corrected chi connectivity index (χ2v) is 3.85. The molecule has 2 N–H and O–H groups in total. The van der Waals surface area contributed by atoms with E-state index in [0.717, 1.165) is 28.5 Å². The van der Waals surface area contributed by atoms with Crippen LogP contribution in [0, 0.1) is 10.1 Å². The molecule has 2 heterocycles. The van der Waals surface area contributed by atoms with Gasteiger partial charge in [0.2, 0.25) is 0 Å². The van der Waals surface area contributed by atoms with Gasteiger partial charge in [0.1, 0.15) is 16.9 Å². The average molecular weight is 254 g/mol. The Morgan fingerprint density at radius 2 is 2.35 bits per heavy atom. The maximum atomic E-state index is 11.4. The van der Waals surface area contributed by atoms with Crippen LogP contribution in [0.25, 0.3) is 0 Å². The van der Waals surface area contributed by atoms with Gasteiger partial charge in [-0.3, -0.25) is 14.7 Å². The lowest BCUT2D eigenvalue weighted by Gasteiger charge is -2.01. The Morgan fingerprint density at radius 3 is 2.94 bits per heavy atom. The topological polar surface area (TPSA) is 130 Å². The second-order valence-electron chi connectivity index (χ2n) is 3.06. The maximum absolute atomic E-state index is 11.4. The maximum Gasteiger partial charge on any atom is 0.348 e. The molecule has 0 saturated heterocycles. The van der Waals surface area contributed by atoms with Crippen molar-refractivity contribution < 1.29 is 4.92 Å². The molecule has 2 aromatic rings. The standard InChI is InChI=1S/C7H6N6O3S/c8-6-5(10-11-17-6)3-12-2-4(13(15)16)1-9-7(12)14/h1-2H,3,8H2. The van der Waals surface area contributed by atoms with Gasteiger partial charge in [0.25, 0.3) is 0 Å². The Balaban J connectivity index is 2.39. The Kier molecular flexibility index (Phi) is 2.78. The van der Waals surface area contributed by atoms with Crippen LogP contribution in [0.5, 0.6) is 0 Å². The molecule has 0 spiro atoms. The zero-order valence-corrected chi connectivity index (χ0v) is 9.12. The van der Waals surface area contributed by atoms with Gasteiger partial charge in [0.15, 0.2) is 0 Å². The molecular formula is C7H6N6O3S. The molecular weight excluding hydrogens is 248 g/mol. The van der Waals surface area contributed by atoms with E-state index < -0.39 is 10.6 Å². The minimum Gasteiger partial charge on any atom is -0.388 e. The number of nitro groups is 1. The third kappa shape index (κ3) is 2.25. The van der Waals surface area contributed by atoms with E-state index in [4.69, 9.17) is 5.73 Å². The van der Waals surface area contributed by atoms with E-state index in [-0.39, 0.29) is 12.2 Å². The lowest BCUT2D eigenvalue weighted by molar-refractivity contribution is -0.385. The van der Waals surface area contributed by atoms with Crippen LogP contribution in [-0.4, -0.2) is 24.1 Å². The molecule has 9 nitrogen and oxygen atoms in total. The van der Waals surface area contributed by atoms with Crippen LogP contribution in [0.2, 0.25) is 0 Å². The fourth-order valence-electron chi connectivity index (χ4n) is 1.14. The summed E-state index contributed by atoms with van der Waals surface area (Å²) in [6.07, 6.45) is 2.00. The van der Waals surface area contributed by atoms with Crippen LogP contribution < -0.4 is 11.4 Å². The first-order valence-electron chi connectivity index (χ1n) is 4.35. The number of hydrogen-bond donors (Lipinski definition) is 1. The summed E-state index contributed by atoms with van der Waals surface area (Å²) in [6, 6.07) is 0. The van der Waals surface area contributed by atoms with Gasteiger partial charge >= 0.3 is 11.4 Å². The first-order chi connectivity index (χ1) is 8.08. The van der Waals surface area contributed by atoms with Crippen LogP contribution in [0.4, 0.5) is 10.7 Å². The van der Waals surface area contributed by atoms with E-state index in [2.05, 4.69) is 14.6 Å². The normalized spacial score (nSPS) is 10.4. The summed E-state index contributed by atoms with van der Waals surface area (Å²) in [5, 5.41) is 14.6. The first-order valence-corrected chi connectivity index (χ1v) is 5.13. The van der Waals surface area contributed by atoms with Crippen molar-refractivity contribution in [1.29, 1.82) is 0 Å². The molecule has 2 rings (SSSR count). The highest BCUT2D eigenvalue weighted by atomic mass is 32.1. The Labute approximate surface area is 97.8 Å². The quantitative estimate of drug-likeness (QED) is 0.584. The van der Waals surface area contributed by atoms with E-state index in [1.54, 1.807) is 0 Å². The van der Waals surface area contributed by atoms with E-state index in [0.29, 0.717) is 10.7 Å². The second kappa shape index (κ2) is 4.25. The summed E-state index contributed by atoms with van der Waals surface area (Å²) in [4.78, 5) is 24.7. The predicted octanol–water partition coefficient (Wildman–Crippen LogP) is -0.367. The number of nitrogens with zero attached hydrogens (tertiary/aromatic N) is 5. The van der Waals surface area contributed by atoms with Crippen LogP contribution in [0.3, 0.4) is 0 Å². The number of nitrogens with two attached hydrogens (primary N) is 1. The van der Waals surface area contributed by atoms with Crippen molar-refractivity contribution in [3.8, 4) is 0 Å². The highest BCUT2D eigenvalue weighted by Gasteiger charge is 2.11. The van der Waals surface area contributed by atoms with Crippen molar-refractivity contribution in [3.05, 3.63) is 38.7 Å². The summed E-state index contributed by atoms with van der Waals surface area (Å²) in [5.74, 6) is 0. The summed E-state index contributed by atoms with van der Waals surface area (Å²) >= 11 is 0.987. The molecule has 0 aliphatic rings. The van der Waals surface area contributed by atoms with Gasteiger partial charge in [0.05, 0.1) is 17.7 Å². The summed E-state index contributed by atoms with van der Waals surface area (Å²) in [6.45, 7) is 0.00977. The molecule has 2 aromatic heterocycles. The number of aromatic nitrogens is 4. The average Bonchev–Trinajstić information content (AvgIpc) is 2.67. The van der Waals surface area contributed by atoms with E-state index in [9.17, 15) is 14.9 Å². The van der Waals surface area contributed by atoms with Gasteiger partial charge in [-0.1, -0.05) is 4.49 Å². The Hall–Kier alpha value is -2.36. The zero-order valence-electron chi connectivity index (χ0n) is 8.31. The van der Waals surface area contributed by atoms with Crippen molar-refractivity contribution in [3.63, 3.8) is 0 Å². The summed E-state index contributed by atoms with van der Waals surface area (Å²) in [5.41, 5.74) is 5.07. The molecule has 0 amide bonds. The van der Waals surface area contributed by atoms with Crippen LogP contribution >= 0.6 is 11.5 Å². The highest BCUT2D eigenvalue weighted by Crippen LogP contribution is 2.13. The van der Waals surface area contributed by atoms with Crippen molar-refractivity contribution in [2.75, 3.05) is 5.73 Å². The van der Waals surface area contributed by atoms with Gasteiger partial charge in [-0.25, -0.2) is 4.79 Å². The molecule has 0 bridgehead atoms. The number of hydrogen-bond acceptors (Lipinski definition) is 8. The molecule has 0 fully saturated rings. The highest BCUT2D eigenvalue weighted by molar-refractivity contribution is 7.09. The molecule has 0 saturated carbocycles. The fourth-order valence-corrected chi connectivity index (χ4v) is 1.58. The minimum absolute atomic E-state index is 0.00977. The van der Waals surface area contributed by atoms with E-state index in [1.165, 1.54) is 0 Å². The molecule has 0 unspecified atom stereocenters. The van der Waals surface area contributed by atoms with E-state index in [1.807, 2.05) is 0 Å². The zero-order chi connectivity index (χ0) is 12.4. The van der Waals surface area contributed by atoms with Crippen molar-refractivity contribution in [2.24, 2.45) is 0 Å². The minimum atomic E-state index is -0.633. The molecule has 88 valence electrons. The molecule has 0 radical (unpaired) electrons. The van der Waals surface area contributed by atoms with Crippen molar-refractivity contribution in [1.82, 2.24) is 19.1 Å². The Morgan fingerprint density at radius 1 is 1.59 bits per heavy atom. The summed E-state index contributed by atoms with van der Waals surface area (Å²) in [7, 11) is 0. The SMILES string of the molecule is Nc1snnc1Cn1cc([N+](=O)[O-])cnc1=O. The predicted molar refractivity (Wildman–Crippen MR) is 58.6 cm³/mol. The molecule has 0 aliphatic carbocycles. The largest absolute Gasteiger partial charge is 0.388 e. The number of anilines is 1. The smallest absolute Gasteiger partial charge is 0.348 e. The molecule has 0 aliphatic heterocycles. The first kappa shape index (κ1) is 11.1. The van der Waals surface area contributed by atoms with Crippen LogP contribution in [0.15, 0.2) is 17.2 Å². The summed E-state index contributed by atoms with van der Waals surface area (Å²) < 4.78 is 4.66. The Bertz CT molecular complexity index is 620. The van der Waals surface area contributed by atoms with Crippen molar-refractivity contribution in [2.45, 2.75) is 6.54 Å². The third-order valence-electron chi connectivity index (χ3n) is 1.96. The molecule has 17 heavy (non-hydrogen) atoms. The number of nitrogen functional groups attached to an aromatic ring is 1. The molecule has 0 atom stereocenters. The molecule has 10 heteroatoms. The van der Waals surface area contributed by atoms with Crippen LogP contribution in [0.1, 0.15) is 5.69 Å². The fraction of sp³-hybridized carbons (Fsp3) is 0.143. The van der Waals surface area contributed by atoms with E-state index >= 15 is 0 Å². The monoisotopic (exact) mass is 254 g/mol. The van der Waals surface area contributed by atoms with Gasteiger partial charge in [-0.15, -0.1) is 5.10 Å². The van der Waals surface area contributed by atoms with Crippen LogP contribution in [-0.2, 0) is 6.54 Å². The number of rotatable bonds is 3. The molecule has 0 aromatic carbocycles. The van der Waals surface area contributed by atoms with Gasteiger partial charge in [-0.05, 0) is 0 Å². The lowest BCUT2D eigenvalue weighted by atomic mass is 10.4.